The molecule has 48 heavy (non-hydrogen) atoms. The Hall–Kier alpha value is -3.08. The average Bonchev–Trinajstić information content (AvgIpc) is 3.56. The second-order valence-electron chi connectivity index (χ2n) is 13.2. The second kappa shape index (κ2) is 14.4. The Kier molecular flexibility index (Phi) is 10.0. The highest BCUT2D eigenvalue weighted by Crippen LogP contribution is 2.61. The van der Waals surface area contributed by atoms with Gasteiger partial charge in [-0.15, -0.1) is 0 Å². The number of piperazine rings is 1. The molecule has 2 aromatic carbocycles. The lowest BCUT2D eigenvalue weighted by Gasteiger charge is -2.41. The number of aryl methyl sites for hydroxylation is 2. The van der Waals surface area contributed by atoms with Gasteiger partial charge >= 0.3 is 0 Å². The number of anilines is 5. The van der Waals surface area contributed by atoms with E-state index in [0.717, 1.165) is 114 Å². The van der Waals surface area contributed by atoms with Crippen molar-refractivity contribution in [2.45, 2.75) is 52.0 Å². The molecule has 0 bridgehead atoms. The van der Waals surface area contributed by atoms with E-state index in [9.17, 15) is 4.89 Å². The molecule has 10 nitrogen and oxygen atoms in total. The largest absolute Gasteiger partial charge is 0.494 e. The second-order valence-corrected chi connectivity index (χ2v) is 17.3. The first-order chi connectivity index (χ1) is 23.3. The summed E-state index contributed by atoms with van der Waals surface area (Å²) in [7, 11) is -0.620. The first kappa shape index (κ1) is 33.4. The lowest BCUT2D eigenvalue weighted by molar-refractivity contribution is 0.150. The normalized spacial score (nSPS) is 18.7. The Morgan fingerprint density at radius 2 is 1.77 bits per heavy atom. The molecule has 3 saturated heterocycles. The van der Waals surface area contributed by atoms with E-state index in [4.69, 9.17) is 14.7 Å². The number of piperidine rings is 1. The number of hydrogen-bond acceptors (Lipinski definition) is 10. The summed E-state index contributed by atoms with van der Waals surface area (Å²) in [4.78, 5) is 31.4. The van der Waals surface area contributed by atoms with Crippen LogP contribution in [0.4, 0.5) is 28.8 Å². The van der Waals surface area contributed by atoms with Crippen LogP contribution >= 0.6 is 23.4 Å². The van der Waals surface area contributed by atoms with Gasteiger partial charge in [0.15, 0.2) is 0 Å². The predicted molar refractivity (Wildman–Crippen MR) is 203 cm³/mol. The van der Waals surface area contributed by atoms with Crippen LogP contribution in [0.15, 0.2) is 47.1 Å². The first-order valence-electron chi connectivity index (χ1n) is 17.3. The third kappa shape index (κ3) is 6.85. The van der Waals surface area contributed by atoms with E-state index >= 15 is 0 Å². The van der Waals surface area contributed by atoms with Gasteiger partial charge in [0.1, 0.15) is 11.6 Å². The molecule has 4 N–H and O–H groups in total. The summed E-state index contributed by atoms with van der Waals surface area (Å²) in [6.07, 6.45) is 8.77. The van der Waals surface area contributed by atoms with Gasteiger partial charge in [-0.05, 0) is 97.1 Å². The molecule has 2 aromatic heterocycles. The van der Waals surface area contributed by atoms with Crippen LogP contribution in [0, 0.1) is 6.92 Å². The number of rotatable bonds is 9. The SMILES string of the molecule is CCc1cc(Nc2ncc(Br)c(Nc3ccc4nc(C)ccc4c3[P]3(O)CCCC3)n2)c(OC)cc1N1CCC(N2CCNCC2)CC1. The number of methoxy groups -OCH3 is 1. The van der Waals surface area contributed by atoms with Crippen molar-refractivity contribution in [2.24, 2.45) is 0 Å². The topological polar surface area (TPSA) is 111 Å². The zero-order chi connectivity index (χ0) is 33.3. The van der Waals surface area contributed by atoms with E-state index in [1.165, 1.54) is 24.1 Å². The maximum atomic E-state index is 12.0. The highest BCUT2D eigenvalue weighted by molar-refractivity contribution is 9.10. The molecule has 4 aromatic rings. The number of halogens is 1. The van der Waals surface area contributed by atoms with Crippen molar-refractivity contribution < 1.29 is 9.63 Å². The predicted octanol–water partition coefficient (Wildman–Crippen LogP) is 6.37. The third-order valence-corrected chi connectivity index (χ3v) is 14.2. The zero-order valence-corrected chi connectivity index (χ0v) is 30.7. The molecule has 255 valence electrons. The third-order valence-electron chi connectivity index (χ3n) is 10.2. The van der Waals surface area contributed by atoms with Gasteiger partial charge < -0.3 is 30.5 Å². The van der Waals surface area contributed by atoms with Gasteiger partial charge in [0.2, 0.25) is 5.95 Å². The van der Waals surface area contributed by atoms with E-state index in [0.29, 0.717) is 17.8 Å². The van der Waals surface area contributed by atoms with E-state index < -0.39 is 7.49 Å². The molecule has 0 unspecified atom stereocenters. The van der Waals surface area contributed by atoms with Crippen LogP contribution in [0.1, 0.15) is 43.9 Å². The highest BCUT2D eigenvalue weighted by atomic mass is 79.9. The fraction of sp³-hybridized carbons (Fsp3) is 0.472. The Morgan fingerprint density at radius 3 is 2.50 bits per heavy atom. The Balaban J connectivity index is 1.14. The van der Waals surface area contributed by atoms with Crippen molar-refractivity contribution in [1.82, 2.24) is 25.2 Å². The summed E-state index contributed by atoms with van der Waals surface area (Å²) in [6.45, 7) is 10.8. The van der Waals surface area contributed by atoms with Crippen molar-refractivity contribution in [3.05, 3.63) is 58.3 Å². The molecule has 5 heterocycles. The van der Waals surface area contributed by atoms with Crippen LogP contribution in [0.3, 0.4) is 0 Å². The minimum atomic E-state index is -2.34. The maximum absolute atomic E-state index is 12.0. The van der Waals surface area contributed by atoms with E-state index in [2.05, 4.69) is 71.8 Å². The van der Waals surface area contributed by atoms with Crippen molar-refractivity contribution in [3.63, 3.8) is 0 Å². The summed E-state index contributed by atoms with van der Waals surface area (Å²) in [5.41, 5.74) is 6.09. The fourth-order valence-corrected chi connectivity index (χ4v) is 11.3. The van der Waals surface area contributed by atoms with Gasteiger partial charge in [0.05, 0.1) is 28.5 Å². The number of pyridine rings is 1. The standard InChI is InChI=1S/C36H47BrN8O2P/c1-4-25-21-31(33(47-3)22-32(25)45-15-11-26(12-16-45)44-17-13-38-14-18-44)42-36-39-23-28(37)35(43-36)41-30-10-9-29-27(8-7-24(2)40-29)34(30)48(46)19-5-6-20-48/h7-10,21-23,26,38,46H,4-6,11-20H2,1-3H3,(H2,39,41,42,43). The number of ether oxygens (including phenoxy) is 1. The van der Waals surface area contributed by atoms with E-state index in [1.54, 1.807) is 13.3 Å². The lowest BCUT2D eigenvalue weighted by atomic mass is 9.99. The maximum Gasteiger partial charge on any atom is 0.229 e. The monoisotopic (exact) mass is 733 g/mol. The molecule has 0 aliphatic carbocycles. The number of benzene rings is 2. The summed E-state index contributed by atoms with van der Waals surface area (Å²) in [5.74, 6) is 1.84. The molecule has 1 radical (unpaired) electrons. The van der Waals surface area contributed by atoms with E-state index in [1.807, 2.05) is 25.1 Å². The Bertz CT molecular complexity index is 1770. The summed E-state index contributed by atoms with van der Waals surface area (Å²) in [6, 6.07) is 13.2. The van der Waals surface area contributed by atoms with Crippen LogP contribution in [-0.2, 0) is 6.42 Å². The Labute approximate surface area is 292 Å². The van der Waals surface area contributed by atoms with Crippen LogP contribution in [0.2, 0.25) is 0 Å². The number of nitrogens with zero attached hydrogens (tertiary/aromatic N) is 5. The molecule has 0 atom stereocenters. The molecular weight excluding hydrogens is 687 g/mol. The van der Waals surface area contributed by atoms with Gasteiger partial charge in [0, 0.05) is 87.1 Å². The number of fused-ring (bicyclic) bond motifs is 1. The first-order valence-corrected chi connectivity index (χ1v) is 20.2. The van der Waals surface area contributed by atoms with Crippen molar-refractivity contribution >= 4 is 68.5 Å². The number of nitrogens with one attached hydrogen (secondary N) is 3. The summed E-state index contributed by atoms with van der Waals surface area (Å²) >= 11 is 3.67. The summed E-state index contributed by atoms with van der Waals surface area (Å²) < 4.78 is 6.67. The number of hydrogen-bond donors (Lipinski definition) is 4. The van der Waals surface area contributed by atoms with Gasteiger partial charge in [-0.25, -0.2) is 4.98 Å². The molecule has 0 amide bonds. The van der Waals surface area contributed by atoms with Crippen LogP contribution in [-0.4, -0.2) is 89.5 Å². The molecule has 12 heteroatoms. The van der Waals surface area contributed by atoms with Gasteiger partial charge in [-0.2, -0.15) is 4.98 Å². The summed E-state index contributed by atoms with van der Waals surface area (Å²) in [5, 5.41) is 12.5. The van der Waals surface area contributed by atoms with Crippen molar-refractivity contribution in [2.75, 3.05) is 74.2 Å². The zero-order valence-electron chi connectivity index (χ0n) is 28.2. The minimum Gasteiger partial charge on any atom is -0.494 e. The molecule has 3 aliphatic rings. The fourth-order valence-electron chi connectivity index (χ4n) is 7.66. The molecule has 3 aliphatic heterocycles. The molecule has 3 fully saturated rings. The Morgan fingerprint density at radius 1 is 1.00 bits per heavy atom. The van der Waals surface area contributed by atoms with Crippen LogP contribution in [0.25, 0.3) is 10.9 Å². The van der Waals surface area contributed by atoms with Gasteiger partial charge in [0.25, 0.3) is 0 Å². The molecule has 0 saturated carbocycles. The average molecular weight is 735 g/mol. The van der Waals surface area contributed by atoms with Gasteiger partial charge in [-0.1, -0.05) is 13.0 Å². The number of aromatic nitrogens is 3. The van der Waals surface area contributed by atoms with Crippen molar-refractivity contribution in [1.29, 1.82) is 0 Å². The highest BCUT2D eigenvalue weighted by Gasteiger charge is 2.35. The molecular formula is C36H47BrN8O2P. The molecule has 7 rings (SSSR count). The van der Waals surface area contributed by atoms with Crippen LogP contribution < -0.4 is 30.9 Å². The van der Waals surface area contributed by atoms with E-state index in [-0.39, 0.29) is 0 Å². The quantitative estimate of drug-likeness (QED) is 0.145. The van der Waals surface area contributed by atoms with Crippen molar-refractivity contribution in [3.8, 4) is 5.75 Å². The molecule has 0 spiro atoms. The minimum absolute atomic E-state index is 0.458. The van der Waals surface area contributed by atoms with Crippen LogP contribution in [0.5, 0.6) is 5.75 Å². The smallest absolute Gasteiger partial charge is 0.229 e. The van der Waals surface area contributed by atoms with Gasteiger partial charge in [-0.3, -0.25) is 9.88 Å². The lowest BCUT2D eigenvalue weighted by Crippen LogP contribution is -2.52.